The SMILES string of the molecule is ON=C1CCC2(O)[C@H]3Cc4ccc(O)c5c4[C@@]2(CCN3CC2CC2)[C@H]1O5. The van der Waals surface area contributed by atoms with Crippen molar-refractivity contribution in [3.8, 4) is 11.5 Å². The maximum atomic E-state index is 12.1. The number of aromatic hydroxyl groups is 1. The molecule has 0 radical (unpaired) electrons. The van der Waals surface area contributed by atoms with Crippen LogP contribution in [0, 0.1) is 5.92 Å². The summed E-state index contributed by atoms with van der Waals surface area (Å²) in [5.41, 5.74) is 1.19. The molecule has 1 unspecified atom stereocenters. The minimum Gasteiger partial charge on any atom is -0.504 e. The lowest BCUT2D eigenvalue weighted by Crippen LogP contribution is -2.76. The van der Waals surface area contributed by atoms with Crippen molar-refractivity contribution in [2.24, 2.45) is 11.1 Å². The summed E-state index contributed by atoms with van der Waals surface area (Å²) < 4.78 is 6.19. The van der Waals surface area contributed by atoms with Gasteiger partial charge in [0, 0.05) is 18.2 Å². The molecule has 138 valence electrons. The lowest BCUT2D eigenvalue weighted by Gasteiger charge is -2.63. The fourth-order valence-electron chi connectivity index (χ4n) is 6.38. The number of hydrogen-bond donors (Lipinski definition) is 3. The number of hydrogen-bond acceptors (Lipinski definition) is 6. The Balaban J connectivity index is 1.58. The largest absolute Gasteiger partial charge is 0.504 e. The number of benzene rings is 1. The van der Waals surface area contributed by atoms with Crippen LogP contribution in [0.5, 0.6) is 11.5 Å². The van der Waals surface area contributed by atoms with Crippen molar-refractivity contribution in [2.45, 2.75) is 61.7 Å². The highest BCUT2D eigenvalue weighted by atomic mass is 16.5. The zero-order valence-electron chi connectivity index (χ0n) is 14.7. The van der Waals surface area contributed by atoms with Crippen molar-refractivity contribution in [3.05, 3.63) is 23.3 Å². The van der Waals surface area contributed by atoms with Gasteiger partial charge < -0.3 is 20.2 Å². The molecule has 6 nitrogen and oxygen atoms in total. The Morgan fingerprint density at radius 3 is 2.88 bits per heavy atom. The van der Waals surface area contributed by atoms with Gasteiger partial charge in [-0.15, -0.1) is 0 Å². The summed E-state index contributed by atoms with van der Waals surface area (Å²) in [5, 5.41) is 35.6. The van der Waals surface area contributed by atoms with E-state index in [1.165, 1.54) is 12.8 Å². The standard InChI is InChI=1S/C20H24N2O4/c23-14-4-3-12-9-15-20(24)6-5-13(21-25)18-19(20,16(12)17(14)26-18)7-8-22(15)10-11-1-2-11/h3-4,11,15,18,23-25H,1-2,5-10H2/t15-,18+,19+,20?/m1/s1. The summed E-state index contributed by atoms with van der Waals surface area (Å²) >= 11 is 0. The van der Waals surface area contributed by atoms with E-state index in [-0.39, 0.29) is 11.8 Å². The summed E-state index contributed by atoms with van der Waals surface area (Å²) in [4.78, 5) is 2.49. The average Bonchev–Trinajstić information content (AvgIpc) is 3.37. The van der Waals surface area contributed by atoms with Gasteiger partial charge in [-0.25, -0.2) is 0 Å². The number of rotatable bonds is 2. The second kappa shape index (κ2) is 4.73. The maximum Gasteiger partial charge on any atom is 0.166 e. The van der Waals surface area contributed by atoms with E-state index in [0.29, 0.717) is 24.3 Å². The molecule has 2 aliphatic heterocycles. The van der Waals surface area contributed by atoms with E-state index in [1.54, 1.807) is 6.07 Å². The second-order valence-electron chi connectivity index (χ2n) is 8.84. The number of piperidine rings is 1. The van der Waals surface area contributed by atoms with Gasteiger partial charge in [-0.2, -0.15) is 0 Å². The van der Waals surface area contributed by atoms with E-state index < -0.39 is 17.1 Å². The summed E-state index contributed by atoms with van der Waals surface area (Å²) in [6, 6.07) is 3.74. The molecule has 1 spiro atoms. The Morgan fingerprint density at radius 2 is 2.12 bits per heavy atom. The van der Waals surface area contributed by atoms with Gasteiger partial charge in [-0.1, -0.05) is 11.2 Å². The molecule has 3 fully saturated rings. The number of phenols is 1. The molecular weight excluding hydrogens is 332 g/mol. The number of aliphatic hydroxyl groups is 1. The molecule has 6 rings (SSSR count). The van der Waals surface area contributed by atoms with Crippen molar-refractivity contribution in [3.63, 3.8) is 0 Å². The Kier molecular flexibility index (Phi) is 2.78. The zero-order chi connectivity index (χ0) is 17.7. The van der Waals surface area contributed by atoms with Gasteiger partial charge in [0.25, 0.3) is 0 Å². The van der Waals surface area contributed by atoms with Gasteiger partial charge in [-0.3, -0.25) is 4.90 Å². The maximum absolute atomic E-state index is 12.1. The van der Waals surface area contributed by atoms with Gasteiger partial charge in [-0.05, 0) is 62.6 Å². The third-order valence-electron chi connectivity index (χ3n) is 7.71. The van der Waals surface area contributed by atoms with Crippen LogP contribution in [0.15, 0.2) is 17.3 Å². The molecule has 2 saturated carbocycles. The van der Waals surface area contributed by atoms with Crippen LogP contribution in [0.25, 0.3) is 0 Å². The molecule has 1 aromatic rings. The Morgan fingerprint density at radius 1 is 1.27 bits per heavy atom. The monoisotopic (exact) mass is 356 g/mol. The van der Waals surface area contributed by atoms with Crippen molar-refractivity contribution < 1.29 is 20.2 Å². The van der Waals surface area contributed by atoms with E-state index in [1.807, 2.05) is 6.07 Å². The van der Waals surface area contributed by atoms with E-state index in [4.69, 9.17) is 4.74 Å². The predicted octanol–water partition coefficient (Wildman–Crippen LogP) is 1.79. The minimum atomic E-state index is -0.912. The van der Waals surface area contributed by atoms with Crippen LogP contribution in [-0.4, -0.2) is 56.9 Å². The first-order valence-electron chi connectivity index (χ1n) is 9.78. The Bertz CT molecular complexity index is 835. The Hall–Kier alpha value is -1.79. The molecular formula is C20H24N2O4. The molecule has 4 atom stereocenters. The van der Waals surface area contributed by atoms with Gasteiger partial charge in [0.2, 0.25) is 0 Å². The Labute approximate surface area is 152 Å². The predicted molar refractivity (Wildman–Crippen MR) is 94.0 cm³/mol. The fraction of sp³-hybridized carbons (Fsp3) is 0.650. The average molecular weight is 356 g/mol. The molecule has 0 aromatic heterocycles. The van der Waals surface area contributed by atoms with E-state index in [2.05, 4.69) is 10.1 Å². The smallest absolute Gasteiger partial charge is 0.166 e. The minimum absolute atomic E-state index is 0.0613. The topological polar surface area (TPSA) is 85.5 Å². The molecule has 2 heterocycles. The second-order valence-corrected chi connectivity index (χ2v) is 8.84. The third kappa shape index (κ3) is 1.59. The number of ether oxygens (including phenoxy) is 1. The van der Waals surface area contributed by atoms with Gasteiger partial charge in [0.15, 0.2) is 17.6 Å². The lowest BCUT2D eigenvalue weighted by molar-refractivity contribution is -0.167. The van der Waals surface area contributed by atoms with Crippen LogP contribution >= 0.6 is 0 Å². The lowest BCUT2D eigenvalue weighted by atomic mass is 9.49. The zero-order valence-corrected chi connectivity index (χ0v) is 14.7. The molecule has 3 N–H and O–H groups in total. The third-order valence-corrected chi connectivity index (χ3v) is 7.71. The van der Waals surface area contributed by atoms with E-state index >= 15 is 0 Å². The quantitative estimate of drug-likeness (QED) is 0.556. The molecule has 1 saturated heterocycles. The number of oxime groups is 1. The highest BCUT2D eigenvalue weighted by Gasteiger charge is 2.72. The molecule has 0 amide bonds. The molecule has 5 aliphatic rings. The molecule has 2 bridgehead atoms. The fourth-order valence-corrected chi connectivity index (χ4v) is 6.38. The number of nitrogens with zero attached hydrogens (tertiary/aromatic N) is 2. The van der Waals surface area contributed by atoms with Crippen molar-refractivity contribution in [1.29, 1.82) is 0 Å². The molecule has 1 aromatic carbocycles. The van der Waals surface area contributed by atoms with Crippen LogP contribution < -0.4 is 4.74 Å². The van der Waals surface area contributed by atoms with Crippen LogP contribution in [0.4, 0.5) is 0 Å². The van der Waals surface area contributed by atoms with Crippen molar-refractivity contribution in [2.75, 3.05) is 13.1 Å². The first kappa shape index (κ1) is 15.3. The summed E-state index contributed by atoms with van der Waals surface area (Å²) in [5.74, 6) is 1.38. The van der Waals surface area contributed by atoms with Crippen LogP contribution in [0.2, 0.25) is 0 Å². The summed E-state index contributed by atoms with van der Waals surface area (Å²) in [7, 11) is 0. The highest BCUT2D eigenvalue weighted by molar-refractivity contribution is 5.94. The molecule has 26 heavy (non-hydrogen) atoms. The van der Waals surface area contributed by atoms with Crippen LogP contribution in [0.3, 0.4) is 0 Å². The first-order chi connectivity index (χ1) is 12.6. The van der Waals surface area contributed by atoms with Gasteiger partial charge in [0.05, 0.1) is 16.7 Å². The normalized spacial score (nSPS) is 41.8. The van der Waals surface area contributed by atoms with E-state index in [0.717, 1.165) is 43.0 Å². The number of phenolic OH excluding ortho intramolecular Hbond substituents is 1. The number of likely N-dealkylation sites (tertiary alicyclic amines) is 1. The van der Waals surface area contributed by atoms with Crippen LogP contribution in [0.1, 0.15) is 43.2 Å². The first-order valence-corrected chi connectivity index (χ1v) is 9.78. The van der Waals surface area contributed by atoms with Crippen LogP contribution in [-0.2, 0) is 11.8 Å². The highest BCUT2D eigenvalue weighted by Crippen LogP contribution is 2.65. The van der Waals surface area contributed by atoms with E-state index in [9.17, 15) is 15.4 Å². The summed E-state index contributed by atoms with van der Waals surface area (Å²) in [6.45, 7) is 1.98. The molecule has 6 heteroatoms. The van der Waals surface area contributed by atoms with Gasteiger partial charge in [0.1, 0.15) is 0 Å². The molecule has 3 aliphatic carbocycles. The summed E-state index contributed by atoms with van der Waals surface area (Å²) in [6.07, 6.45) is 4.77. The van der Waals surface area contributed by atoms with Crippen molar-refractivity contribution in [1.82, 2.24) is 4.90 Å². The van der Waals surface area contributed by atoms with Gasteiger partial charge >= 0.3 is 0 Å². The van der Waals surface area contributed by atoms with Crippen molar-refractivity contribution >= 4 is 5.71 Å².